The van der Waals surface area contributed by atoms with Crippen molar-refractivity contribution < 1.29 is 18.3 Å². The van der Waals surface area contributed by atoms with E-state index in [9.17, 15) is 8.78 Å². The molecule has 2 aromatic carbocycles. The fourth-order valence-electron chi connectivity index (χ4n) is 1.98. The molecule has 0 aliphatic carbocycles. The van der Waals surface area contributed by atoms with E-state index in [1.165, 1.54) is 6.07 Å². The number of halogens is 4. The fraction of sp³-hybridized carbons (Fsp3) is 0.143. The number of fused-ring (bicyclic) bond motifs is 1. The Morgan fingerprint density at radius 3 is 2.62 bits per heavy atom. The first-order valence-corrected chi connectivity index (χ1v) is 7.59. The molecule has 2 aromatic rings. The van der Waals surface area contributed by atoms with E-state index in [2.05, 4.69) is 37.2 Å². The number of ether oxygens (including phenoxy) is 2. The van der Waals surface area contributed by atoms with E-state index in [1.54, 1.807) is 0 Å². The molecule has 0 unspecified atom stereocenters. The molecule has 0 bridgehead atoms. The summed E-state index contributed by atoms with van der Waals surface area (Å²) in [5.74, 6) is 0.0239. The highest BCUT2D eigenvalue weighted by Gasteiger charge is 2.18. The molecule has 0 fully saturated rings. The zero-order chi connectivity index (χ0) is 15.0. The van der Waals surface area contributed by atoms with Gasteiger partial charge in [0, 0.05) is 12.6 Å². The molecule has 1 aliphatic rings. The third kappa shape index (κ3) is 2.98. The number of nitrogens with one attached hydrogen (secondary N) is 1. The normalized spacial score (nSPS) is 12.6. The van der Waals surface area contributed by atoms with Crippen LogP contribution in [0.3, 0.4) is 0 Å². The van der Waals surface area contributed by atoms with Gasteiger partial charge in [0.05, 0.1) is 14.6 Å². The first-order valence-electron chi connectivity index (χ1n) is 6.01. The molecule has 1 aliphatic heterocycles. The van der Waals surface area contributed by atoms with E-state index < -0.39 is 11.6 Å². The third-order valence-electron chi connectivity index (χ3n) is 2.98. The minimum Gasteiger partial charge on any atom is -0.454 e. The molecule has 3 rings (SSSR count). The first kappa shape index (κ1) is 14.6. The SMILES string of the molecule is Fc1cc(F)c(NCc2cc(Br)c3c(c2)OCO3)cc1Br. The smallest absolute Gasteiger partial charge is 0.231 e. The summed E-state index contributed by atoms with van der Waals surface area (Å²) in [5, 5.41) is 2.93. The van der Waals surface area contributed by atoms with Crippen molar-refractivity contribution >= 4 is 37.5 Å². The van der Waals surface area contributed by atoms with Gasteiger partial charge in [0.25, 0.3) is 0 Å². The van der Waals surface area contributed by atoms with Gasteiger partial charge in [-0.25, -0.2) is 8.78 Å². The van der Waals surface area contributed by atoms with Crippen molar-refractivity contribution in [1.82, 2.24) is 0 Å². The van der Waals surface area contributed by atoms with Crippen molar-refractivity contribution in [1.29, 1.82) is 0 Å². The molecule has 1 N–H and O–H groups in total. The molecule has 110 valence electrons. The number of hydrogen-bond donors (Lipinski definition) is 1. The molecule has 0 saturated carbocycles. The van der Waals surface area contributed by atoms with Gasteiger partial charge in [-0.05, 0) is 55.6 Å². The van der Waals surface area contributed by atoms with Gasteiger partial charge in [0.15, 0.2) is 11.5 Å². The summed E-state index contributed by atoms with van der Waals surface area (Å²) in [6, 6.07) is 5.88. The highest BCUT2D eigenvalue weighted by molar-refractivity contribution is 9.10. The maximum absolute atomic E-state index is 13.7. The van der Waals surface area contributed by atoms with E-state index in [0.29, 0.717) is 18.0 Å². The molecule has 7 heteroatoms. The lowest BCUT2D eigenvalue weighted by molar-refractivity contribution is 0.173. The number of anilines is 1. The minimum atomic E-state index is -0.643. The lowest BCUT2D eigenvalue weighted by Gasteiger charge is -2.10. The monoisotopic (exact) mass is 419 g/mol. The van der Waals surface area contributed by atoms with Gasteiger partial charge >= 0.3 is 0 Å². The van der Waals surface area contributed by atoms with E-state index in [-0.39, 0.29) is 17.0 Å². The number of rotatable bonds is 3. The summed E-state index contributed by atoms with van der Waals surface area (Å²) < 4.78 is 38.4. The molecule has 3 nitrogen and oxygen atoms in total. The second kappa shape index (κ2) is 5.81. The zero-order valence-corrected chi connectivity index (χ0v) is 13.7. The van der Waals surface area contributed by atoms with Crippen molar-refractivity contribution in [2.24, 2.45) is 0 Å². The van der Waals surface area contributed by atoms with Gasteiger partial charge in [-0.15, -0.1) is 0 Å². The van der Waals surface area contributed by atoms with Gasteiger partial charge in [-0.2, -0.15) is 0 Å². The van der Waals surface area contributed by atoms with Crippen LogP contribution in [0.5, 0.6) is 11.5 Å². The van der Waals surface area contributed by atoms with Gasteiger partial charge in [0.1, 0.15) is 11.6 Å². The Bertz CT molecular complexity index is 710. The Kier molecular flexibility index (Phi) is 4.03. The second-order valence-electron chi connectivity index (χ2n) is 4.41. The van der Waals surface area contributed by atoms with Crippen molar-refractivity contribution in [3.63, 3.8) is 0 Å². The Morgan fingerprint density at radius 1 is 1.00 bits per heavy atom. The zero-order valence-electron chi connectivity index (χ0n) is 10.6. The Morgan fingerprint density at radius 2 is 1.81 bits per heavy atom. The quantitative estimate of drug-likeness (QED) is 0.721. The Hall–Kier alpha value is -1.34. The van der Waals surface area contributed by atoms with Crippen LogP contribution in [0.25, 0.3) is 0 Å². The number of benzene rings is 2. The molecule has 0 atom stereocenters. The van der Waals surface area contributed by atoms with Gasteiger partial charge in [0.2, 0.25) is 6.79 Å². The van der Waals surface area contributed by atoms with Crippen LogP contribution < -0.4 is 14.8 Å². The highest BCUT2D eigenvalue weighted by Crippen LogP contribution is 2.40. The molecule has 1 heterocycles. The van der Waals surface area contributed by atoms with Crippen LogP contribution in [0.15, 0.2) is 33.2 Å². The van der Waals surface area contributed by atoms with Gasteiger partial charge < -0.3 is 14.8 Å². The van der Waals surface area contributed by atoms with Crippen LogP contribution in [0.4, 0.5) is 14.5 Å². The van der Waals surface area contributed by atoms with Crippen LogP contribution in [0, 0.1) is 11.6 Å². The van der Waals surface area contributed by atoms with E-state index >= 15 is 0 Å². The summed E-state index contributed by atoms with van der Waals surface area (Å²) in [6.07, 6.45) is 0. The van der Waals surface area contributed by atoms with E-state index in [4.69, 9.17) is 9.47 Å². The third-order valence-corrected chi connectivity index (χ3v) is 4.18. The molecule has 0 spiro atoms. The Labute approximate surface area is 136 Å². The van der Waals surface area contributed by atoms with Crippen molar-refractivity contribution in [3.8, 4) is 11.5 Å². The van der Waals surface area contributed by atoms with Crippen LogP contribution in [-0.4, -0.2) is 6.79 Å². The van der Waals surface area contributed by atoms with E-state index in [0.717, 1.165) is 16.1 Å². The van der Waals surface area contributed by atoms with Gasteiger partial charge in [-0.3, -0.25) is 0 Å². The molecule has 0 aromatic heterocycles. The van der Waals surface area contributed by atoms with E-state index in [1.807, 2.05) is 12.1 Å². The maximum atomic E-state index is 13.7. The van der Waals surface area contributed by atoms with Crippen molar-refractivity contribution in [3.05, 3.63) is 50.4 Å². The second-order valence-corrected chi connectivity index (χ2v) is 6.12. The standard InChI is InChI=1S/C14H9Br2F2NO2/c15-8-3-12(11(18)4-10(8)17)19-5-7-1-9(16)14-13(2-7)20-6-21-14/h1-4,19H,5-6H2. The molecule has 21 heavy (non-hydrogen) atoms. The summed E-state index contributed by atoms with van der Waals surface area (Å²) in [6.45, 7) is 0.550. The predicted octanol–water partition coefficient (Wildman–Crippen LogP) is 4.83. The first-order chi connectivity index (χ1) is 10.0. The summed E-state index contributed by atoms with van der Waals surface area (Å²) >= 11 is 6.43. The van der Waals surface area contributed by atoms with Crippen LogP contribution >= 0.6 is 31.9 Å². The van der Waals surface area contributed by atoms with Gasteiger partial charge in [-0.1, -0.05) is 0 Å². The molecule has 0 saturated heterocycles. The van der Waals surface area contributed by atoms with Crippen LogP contribution in [-0.2, 0) is 6.54 Å². The number of hydrogen-bond acceptors (Lipinski definition) is 3. The Balaban J connectivity index is 1.79. The summed E-state index contributed by atoms with van der Waals surface area (Å²) in [5.41, 5.74) is 1.10. The fourth-order valence-corrected chi connectivity index (χ4v) is 2.93. The predicted molar refractivity (Wildman–Crippen MR) is 81.6 cm³/mol. The molecule has 0 radical (unpaired) electrons. The topological polar surface area (TPSA) is 30.5 Å². The van der Waals surface area contributed by atoms with Crippen LogP contribution in [0.2, 0.25) is 0 Å². The van der Waals surface area contributed by atoms with Crippen molar-refractivity contribution in [2.75, 3.05) is 12.1 Å². The van der Waals surface area contributed by atoms with Crippen molar-refractivity contribution in [2.45, 2.75) is 6.54 Å². The summed E-state index contributed by atoms with van der Waals surface area (Å²) in [7, 11) is 0. The molecule has 0 amide bonds. The maximum Gasteiger partial charge on any atom is 0.231 e. The molecular weight excluding hydrogens is 412 g/mol. The average molecular weight is 421 g/mol. The lowest BCUT2D eigenvalue weighted by Crippen LogP contribution is -2.02. The van der Waals surface area contributed by atoms with Crippen LogP contribution in [0.1, 0.15) is 5.56 Å². The molecular formula is C14H9Br2F2NO2. The summed E-state index contributed by atoms with van der Waals surface area (Å²) in [4.78, 5) is 0. The average Bonchev–Trinajstić information content (AvgIpc) is 2.90. The largest absolute Gasteiger partial charge is 0.454 e. The highest BCUT2D eigenvalue weighted by atomic mass is 79.9. The minimum absolute atomic E-state index is 0.185. The lowest BCUT2D eigenvalue weighted by atomic mass is 10.2.